The van der Waals surface area contributed by atoms with Gasteiger partial charge in [0.2, 0.25) is 10.0 Å². The number of nitrogens with two attached hydrogens (primary N) is 1. The third-order valence-electron chi connectivity index (χ3n) is 3.88. The molecule has 0 spiro atoms. The Morgan fingerprint density at radius 3 is 2.44 bits per heavy atom. The van der Waals surface area contributed by atoms with Crippen LogP contribution in [0.5, 0.6) is 0 Å². The lowest BCUT2D eigenvalue weighted by atomic mass is 9.88. The minimum atomic E-state index is -3.11. The van der Waals surface area contributed by atoms with E-state index in [0.29, 0.717) is 37.9 Å². The molecule has 108 valence electrons. The van der Waals surface area contributed by atoms with E-state index in [1.807, 2.05) is 0 Å². The first-order valence-corrected chi connectivity index (χ1v) is 8.44. The van der Waals surface area contributed by atoms with Crippen molar-refractivity contribution in [3.63, 3.8) is 0 Å². The van der Waals surface area contributed by atoms with Crippen molar-refractivity contribution in [1.29, 1.82) is 0 Å². The van der Waals surface area contributed by atoms with Gasteiger partial charge in [0.05, 0.1) is 5.75 Å². The van der Waals surface area contributed by atoms with Gasteiger partial charge in [0.25, 0.3) is 0 Å². The van der Waals surface area contributed by atoms with Gasteiger partial charge in [-0.3, -0.25) is 0 Å². The zero-order chi connectivity index (χ0) is 14.0. The first-order valence-electron chi connectivity index (χ1n) is 6.83. The number of piperidine rings is 1. The summed E-state index contributed by atoms with van der Waals surface area (Å²) in [6, 6.07) is 0. The van der Waals surface area contributed by atoms with Crippen LogP contribution in [0.3, 0.4) is 0 Å². The van der Waals surface area contributed by atoms with Crippen LogP contribution in [-0.4, -0.2) is 38.1 Å². The summed E-state index contributed by atoms with van der Waals surface area (Å²) in [7, 11) is -3.11. The van der Waals surface area contributed by atoms with Crippen LogP contribution in [0.4, 0.5) is 0 Å². The van der Waals surface area contributed by atoms with Crippen molar-refractivity contribution in [1.82, 2.24) is 4.31 Å². The first kappa shape index (κ1) is 15.9. The van der Waals surface area contributed by atoms with Crippen LogP contribution in [0.15, 0.2) is 0 Å². The van der Waals surface area contributed by atoms with E-state index in [4.69, 9.17) is 5.73 Å². The molecule has 4 nitrogen and oxygen atoms in total. The van der Waals surface area contributed by atoms with Crippen molar-refractivity contribution >= 4 is 10.0 Å². The molecule has 0 amide bonds. The molecule has 1 fully saturated rings. The van der Waals surface area contributed by atoms with Gasteiger partial charge in [0.1, 0.15) is 0 Å². The number of sulfonamides is 1. The molecule has 0 aromatic rings. The molecular weight excluding hydrogens is 248 g/mol. The first-order chi connectivity index (χ1) is 8.15. The minimum Gasteiger partial charge on any atom is -0.330 e. The van der Waals surface area contributed by atoms with Crippen molar-refractivity contribution in [2.75, 3.05) is 25.4 Å². The Labute approximate surface area is 112 Å². The number of rotatable bonds is 4. The summed E-state index contributed by atoms with van der Waals surface area (Å²) in [5.74, 6) is 1.09. The van der Waals surface area contributed by atoms with Gasteiger partial charge < -0.3 is 5.73 Å². The average Bonchev–Trinajstić information content (AvgIpc) is 2.26. The fraction of sp³-hybridized carbons (Fsp3) is 1.00. The molecule has 0 aromatic carbocycles. The van der Waals surface area contributed by atoms with Gasteiger partial charge in [-0.15, -0.1) is 0 Å². The Balaban J connectivity index is 2.63. The molecule has 1 heterocycles. The smallest absolute Gasteiger partial charge is 0.214 e. The highest BCUT2D eigenvalue weighted by molar-refractivity contribution is 7.89. The third kappa shape index (κ3) is 4.52. The lowest BCUT2D eigenvalue weighted by molar-refractivity contribution is 0.202. The molecule has 0 radical (unpaired) electrons. The molecule has 5 heteroatoms. The molecule has 0 aromatic heterocycles. The Kier molecular flexibility index (Phi) is 5.21. The Bertz CT molecular complexity index is 360. The maximum absolute atomic E-state index is 12.3. The minimum absolute atomic E-state index is 0.0589. The Hall–Kier alpha value is -0.130. The van der Waals surface area contributed by atoms with Crippen LogP contribution >= 0.6 is 0 Å². The molecule has 1 saturated heterocycles. The summed E-state index contributed by atoms with van der Waals surface area (Å²) in [6.45, 7) is 10.2. The quantitative estimate of drug-likeness (QED) is 0.849. The average molecular weight is 276 g/mol. The lowest BCUT2D eigenvalue weighted by Gasteiger charge is -2.36. The summed E-state index contributed by atoms with van der Waals surface area (Å²) in [6.07, 6.45) is 1.63. The summed E-state index contributed by atoms with van der Waals surface area (Å²) >= 11 is 0. The van der Waals surface area contributed by atoms with E-state index >= 15 is 0 Å². The topological polar surface area (TPSA) is 63.4 Å². The summed E-state index contributed by atoms with van der Waals surface area (Å²) in [5.41, 5.74) is 5.78. The standard InChI is InChI=1S/C13H28N2O2S/c1-11-5-7-15(10-12(11)9-14)18(16,17)8-6-13(2,3)4/h11-12H,5-10,14H2,1-4H3. The van der Waals surface area contributed by atoms with Gasteiger partial charge in [-0.25, -0.2) is 12.7 Å². The fourth-order valence-electron chi connectivity index (χ4n) is 2.24. The second-order valence-corrected chi connectivity index (χ2v) is 8.83. The molecule has 1 aliphatic heterocycles. The summed E-state index contributed by atoms with van der Waals surface area (Å²) in [4.78, 5) is 0. The SMILES string of the molecule is CC1CCN(S(=O)(=O)CCC(C)(C)C)CC1CN. The second-order valence-electron chi connectivity index (χ2n) is 6.75. The maximum atomic E-state index is 12.3. The van der Waals surface area contributed by atoms with Crippen molar-refractivity contribution in [3.8, 4) is 0 Å². The summed E-state index contributed by atoms with van der Waals surface area (Å²) in [5, 5.41) is 0. The molecule has 0 aliphatic carbocycles. The highest BCUT2D eigenvalue weighted by atomic mass is 32.2. The van der Waals surface area contributed by atoms with Crippen molar-refractivity contribution < 1.29 is 8.42 Å². The number of nitrogens with zero attached hydrogens (tertiary/aromatic N) is 1. The van der Waals surface area contributed by atoms with Gasteiger partial charge in [-0.1, -0.05) is 27.7 Å². The Morgan fingerprint density at radius 1 is 1.33 bits per heavy atom. The predicted molar refractivity (Wildman–Crippen MR) is 75.8 cm³/mol. The molecule has 1 aliphatic rings. The van der Waals surface area contributed by atoms with Crippen LogP contribution in [0, 0.1) is 17.3 Å². The van der Waals surface area contributed by atoms with Crippen LogP contribution < -0.4 is 5.73 Å². The van der Waals surface area contributed by atoms with Crippen molar-refractivity contribution in [2.24, 2.45) is 23.0 Å². The van der Waals surface area contributed by atoms with E-state index in [0.717, 1.165) is 6.42 Å². The molecule has 0 bridgehead atoms. The van der Waals surface area contributed by atoms with Crippen LogP contribution in [0.25, 0.3) is 0 Å². The molecule has 2 N–H and O–H groups in total. The van der Waals surface area contributed by atoms with E-state index in [2.05, 4.69) is 27.7 Å². The third-order valence-corrected chi connectivity index (χ3v) is 5.72. The second kappa shape index (κ2) is 5.88. The normalized spacial score (nSPS) is 27.4. The zero-order valence-corrected chi connectivity index (χ0v) is 13.0. The highest BCUT2D eigenvalue weighted by Crippen LogP contribution is 2.26. The van der Waals surface area contributed by atoms with Crippen LogP contribution in [0.2, 0.25) is 0 Å². The summed E-state index contributed by atoms with van der Waals surface area (Å²) < 4.78 is 26.2. The van der Waals surface area contributed by atoms with Gasteiger partial charge >= 0.3 is 0 Å². The molecule has 0 saturated carbocycles. The fourth-order valence-corrected chi connectivity index (χ4v) is 4.17. The molecule has 2 atom stereocenters. The van der Waals surface area contributed by atoms with E-state index in [9.17, 15) is 8.42 Å². The number of hydrogen-bond acceptors (Lipinski definition) is 3. The van der Waals surface area contributed by atoms with Crippen LogP contribution in [0.1, 0.15) is 40.5 Å². The van der Waals surface area contributed by atoms with Crippen LogP contribution in [-0.2, 0) is 10.0 Å². The highest BCUT2D eigenvalue weighted by Gasteiger charge is 2.32. The number of hydrogen-bond donors (Lipinski definition) is 1. The maximum Gasteiger partial charge on any atom is 0.214 e. The van der Waals surface area contributed by atoms with E-state index in [1.165, 1.54) is 0 Å². The van der Waals surface area contributed by atoms with Gasteiger partial charge in [-0.05, 0) is 36.6 Å². The van der Waals surface area contributed by atoms with Gasteiger partial charge in [0, 0.05) is 13.1 Å². The van der Waals surface area contributed by atoms with Gasteiger partial charge in [0.15, 0.2) is 0 Å². The van der Waals surface area contributed by atoms with Crippen molar-refractivity contribution in [2.45, 2.75) is 40.5 Å². The molecular formula is C13H28N2O2S. The van der Waals surface area contributed by atoms with E-state index < -0.39 is 10.0 Å². The van der Waals surface area contributed by atoms with E-state index in [1.54, 1.807) is 4.31 Å². The van der Waals surface area contributed by atoms with Crippen molar-refractivity contribution in [3.05, 3.63) is 0 Å². The molecule has 18 heavy (non-hydrogen) atoms. The molecule has 1 rings (SSSR count). The zero-order valence-electron chi connectivity index (χ0n) is 12.1. The van der Waals surface area contributed by atoms with Gasteiger partial charge in [-0.2, -0.15) is 0 Å². The Morgan fingerprint density at radius 2 is 1.94 bits per heavy atom. The monoisotopic (exact) mass is 276 g/mol. The van der Waals surface area contributed by atoms with E-state index in [-0.39, 0.29) is 11.2 Å². The lowest BCUT2D eigenvalue weighted by Crippen LogP contribution is -2.46. The largest absolute Gasteiger partial charge is 0.330 e. The predicted octanol–water partition coefficient (Wildman–Crippen LogP) is 1.67. The molecule has 2 unspecified atom stereocenters.